The van der Waals surface area contributed by atoms with E-state index in [1.165, 1.54) is 0 Å². The van der Waals surface area contributed by atoms with E-state index in [0.717, 1.165) is 19.3 Å². The summed E-state index contributed by atoms with van der Waals surface area (Å²) in [6.45, 7) is 9.10. The van der Waals surface area contributed by atoms with Gasteiger partial charge in [0.15, 0.2) is 0 Å². The van der Waals surface area contributed by atoms with Crippen molar-refractivity contribution in [3.05, 3.63) is 12.2 Å². The van der Waals surface area contributed by atoms with E-state index in [9.17, 15) is 9.90 Å². The summed E-state index contributed by atoms with van der Waals surface area (Å²) < 4.78 is 5.18. The van der Waals surface area contributed by atoms with Crippen molar-refractivity contribution in [2.75, 3.05) is 0 Å². The highest BCUT2D eigenvalue weighted by Gasteiger charge is 2.16. The monoisotopic (exact) mass is 214 g/mol. The third-order valence-corrected chi connectivity index (χ3v) is 2.23. The average molecular weight is 214 g/mol. The van der Waals surface area contributed by atoms with Crippen LogP contribution >= 0.6 is 0 Å². The van der Waals surface area contributed by atoms with Crippen molar-refractivity contribution in [1.82, 2.24) is 0 Å². The van der Waals surface area contributed by atoms with Crippen molar-refractivity contribution in [3.8, 4) is 0 Å². The van der Waals surface area contributed by atoms with Gasteiger partial charge in [-0.2, -0.15) is 0 Å². The molecule has 3 heteroatoms. The molecular weight excluding hydrogens is 192 g/mol. The average Bonchev–Trinajstić information content (AvgIpc) is 2.16. The van der Waals surface area contributed by atoms with E-state index in [1.54, 1.807) is 6.92 Å². The first-order valence-electron chi connectivity index (χ1n) is 5.55. The zero-order valence-corrected chi connectivity index (χ0v) is 9.95. The van der Waals surface area contributed by atoms with Crippen LogP contribution in [-0.2, 0) is 9.53 Å². The highest BCUT2D eigenvalue weighted by molar-refractivity contribution is 5.87. The molecule has 0 saturated heterocycles. The molecule has 0 aromatic carbocycles. The SMILES string of the molecule is C=C(C)C(=O)OC(CC)CC(O)CCC. The topological polar surface area (TPSA) is 46.5 Å². The molecule has 0 bridgehead atoms. The Hall–Kier alpha value is -0.830. The van der Waals surface area contributed by atoms with E-state index < -0.39 is 0 Å². The number of carbonyl (C=O) groups is 1. The molecule has 0 spiro atoms. The number of carbonyl (C=O) groups excluding carboxylic acids is 1. The van der Waals surface area contributed by atoms with Gasteiger partial charge in [-0.25, -0.2) is 4.79 Å². The fraction of sp³-hybridized carbons (Fsp3) is 0.750. The molecule has 88 valence electrons. The number of ether oxygens (including phenoxy) is 1. The van der Waals surface area contributed by atoms with Gasteiger partial charge in [0, 0.05) is 12.0 Å². The predicted octanol–water partition coefficient (Wildman–Crippen LogP) is 2.44. The minimum atomic E-state index is -0.377. The molecule has 0 rings (SSSR count). The molecule has 15 heavy (non-hydrogen) atoms. The first-order chi connectivity index (χ1) is 7.01. The van der Waals surface area contributed by atoms with Gasteiger partial charge in [-0.05, 0) is 19.8 Å². The fourth-order valence-corrected chi connectivity index (χ4v) is 1.30. The van der Waals surface area contributed by atoms with Gasteiger partial charge in [0.25, 0.3) is 0 Å². The van der Waals surface area contributed by atoms with Gasteiger partial charge in [0.1, 0.15) is 6.10 Å². The largest absolute Gasteiger partial charge is 0.459 e. The molecule has 3 nitrogen and oxygen atoms in total. The number of hydrogen-bond donors (Lipinski definition) is 1. The van der Waals surface area contributed by atoms with Crippen LogP contribution in [0.3, 0.4) is 0 Å². The van der Waals surface area contributed by atoms with Crippen LogP contribution in [0.1, 0.15) is 46.5 Å². The third kappa shape index (κ3) is 6.28. The maximum atomic E-state index is 11.2. The van der Waals surface area contributed by atoms with Crippen LogP contribution in [0.2, 0.25) is 0 Å². The number of aliphatic hydroxyl groups is 1. The van der Waals surface area contributed by atoms with E-state index in [1.807, 2.05) is 13.8 Å². The Morgan fingerprint density at radius 1 is 1.47 bits per heavy atom. The molecule has 0 aromatic heterocycles. The molecule has 2 atom stereocenters. The van der Waals surface area contributed by atoms with Gasteiger partial charge in [-0.15, -0.1) is 0 Å². The molecule has 2 unspecified atom stereocenters. The second kappa shape index (κ2) is 7.46. The summed E-state index contributed by atoms with van der Waals surface area (Å²) in [6.07, 6.45) is 2.35. The van der Waals surface area contributed by atoms with Crippen LogP contribution in [-0.4, -0.2) is 23.3 Å². The van der Waals surface area contributed by atoms with Crippen LogP contribution in [0.15, 0.2) is 12.2 Å². The summed E-state index contributed by atoms with van der Waals surface area (Å²) in [7, 11) is 0. The van der Waals surface area contributed by atoms with Crippen LogP contribution in [0, 0.1) is 0 Å². The van der Waals surface area contributed by atoms with Crippen molar-refractivity contribution in [2.45, 2.75) is 58.7 Å². The van der Waals surface area contributed by atoms with Crippen molar-refractivity contribution in [1.29, 1.82) is 0 Å². The Morgan fingerprint density at radius 3 is 2.47 bits per heavy atom. The Labute approximate surface area is 92.1 Å². The highest BCUT2D eigenvalue weighted by Crippen LogP contribution is 2.12. The molecule has 0 fully saturated rings. The molecule has 0 aliphatic carbocycles. The predicted molar refractivity (Wildman–Crippen MR) is 60.5 cm³/mol. The molecule has 0 aromatic rings. The number of esters is 1. The van der Waals surface area contributed by atoms with E-state index >= 15 is 0 Å². The zero-order valence-electron chi connectivity index (χ0n) is 9.95. The van der Waals surface area contributed by atoms with Crippen LogP contribution < -0.4 is 0 Å². The van der Waals surface area contributed by atoms with Gasteiger partial charge in [-0.3, -0.25) is 0 Å². The first kappa shape index (κ1) is 14.2. The Morgan fingerprint density at radius 2 is 2.07 bits per heavy atom. The van der Waals surface area contributed by atoms with Gasteiger partial charge in [0.05, 0.1) is 6.10 Å². The lowest BCUT2D eigenvalue weighted by Gasteiger charge is -2.19. The normalized spacial score (nSPS) is 14.4. The van der Waals surface area contributed by atoms with Gasteiger partial charge in [-0.1, -0.05) is 26.8 Å². The molecule has 0 aliphatic heterocycles. The molecule has 0 amide bonds. The summed E-state index contributed by atoms with van der Waals surface area (Å²) in [6, 6.07) is 0. The van der Waals surface area contributed by atoms with Crippen molar-refractivity contribution >= 4 is 5.97 Å². The second-order valence-corrected chi connectivity index (χ2v) is 3.89. The van der Waals surface area contributed by atoms with Crippen LogP contribution in [0.25, 0.3) is 0 Å². The summed E-state index contributed by atoms with van der Waals surface area (Å²) in [4.78, 5) is 11.2. The standard InChI is InChI=1S/C12H22O3/c1-5-7-10(13)8-11(6-2)15-12(14)9(3)4/h10-11,13H,3,5-8H2,1-2,4H3. The fourth-order valence-electron chi connectivity index (χ4n) is 1.30. The summed E-state index contributed by atoms with van der Waals surface area (Å²) >= 11 is 0. The molecule has 0 heterocycles. The van der Waals surface area contributed by atoms with E-state index in [0.29, 0.717) is 12.0 Å². The maximum Gasteiger partial charge on any atom is 0.333 e. The van der Waals surface area contributed by atoms with E-state index in [4.69, 9.17) is 4.74 Å². The van der Waals surface area contributed by atoms with Crippen molar-refractivity contribution in [3.63, 3.8) is 0 Å². The minimum Gasteiger partial charge on any atom is -0.459 e. The van der Waals surface area contributed by atoms with Crippen LogP contribution in [0.5, 0.6) is 0 Å². The van der Waals surface area contributed by atoms with Gasteiger partial charge >= 0.3 is 5.97 Å². The first-order valence-corrected chi connectivity index (χ1v) is 5.55. The van der Waals surface area contributed by atoms with Gasteiger partial charge < -0.3 is 9.84 Å². The molecule has 0 aliphatic rings. The van der Waals surface area contributed by atoms with Crippen molar-refractivity contribution < 1.29 is 14.6 Å². The summed E-state index contributed by atoms with van der Waals surface area (Å²) in [5.74, 6) is -0.370. The number of hydrogen-bond acceptors (Lipinski definition) is 3. The molecule has 0 radical (unpaired) electrons. The van der Waals surface area contributed by atoms with E-state index in [2.05, 4.69) is 6.58 Å². The molecule has 1 N–H and O–H groups in total. The third-order valence-electron chi connectivity index (χ3n) is 2.23. The quantitative estimate of drug-likeness (QED) is 0.523. The Kier molecular flexibility index (Phi) is 7.05. The maximum absolute atomic E-state index is 11.2. The summed E-state index contributed by atoms with van der Waals surface area (Å²) in [5, 5.41) is 9.59. The second-order valence-electron chi connectivity index (χ2n) is 3.89. The smallest absolute Gasteiger partial charge is 0.333 e. The zero-order chi connectivity index (χ0) is 11.8. The summed E-state index contributed by atoms with van der Waals surface area (Å²) in [5.41, 5.74) is 0.401. The number of rotatable bonds is 7. The van der Waals surface area contributed by atoms with Gasteiger partial charge in [0.2, 0.25) is 0 Å². The Balaban J connectivity index is 4.02. The minimum absolute atomic E-state index is 0.198. The lowest BCUT2D eigenvalue weighted by Crippen LogP contribution is -2.23. The highest BCUT2D eigenvalue weighted by atomic mass is 16.5. The molecule has 0 saturated carbocycles. The Bertz CT molecular complexity index is 211. The lowest BCUT2D eigenvalue weighted by atomic mass is 10.1. The number of aliphatic hydroxyl groups excluding tert-OH is 1. The lowest BCUT2D eigenvalue weighted by molar-refractivity contribution is -0.145. The van der Waals surface area contributed by atoms with Crippen molar-refractivity contribution in [2.24, 2.45) is 0 Å². The van der Waals surface area contributed by atoms with E-state index in [-0.39, 0.29) is 18.2 Å². The van der Waals surface area contributed by atoms with Crippen LogP contribution in [0.4, 0.5) is 0 Å². The molecular formula is C12H22O3.